The van der Waals surface area contributed by atoms with E-state index in [2.05, 4.69) is 70.1 Å². The van der Waals surface area contributed by atoms with Gasteiger partial charge in [0, 0.05) is 34.5 Å². The van der Waals surface area contributed by atoms with Crippen LogP contribution in [0, 0.1) is 0 Å². The van der Waals surface area contributed by atoms with Gasteiger partial charge in [-0.1, -0.05) is 53.7 Å². The zero-order valence-electron chi connectivity index (χ0n) is 17.4. The van der Waals surface area contributed by atoms with Crippen molar-refractivity contribution in [1.29, 1.82) is 0 Å². The van der Waals surface area contributed by atoms with Crippen molar-refractivity contribution in [2.24, 2.45) is 4.99 Å². The van der Waals surface area contributed by atoms with E-state index in [1.54, 1.807) is 0 Å². The van der Waals surface area contributed by atoms with Crippen molar-refractivity contribution in [3.63, 3.8) is 0 Å². The van der Waals surface area contributed by atoms with Crippen molar-refractivity contribution in [1.82, 2.24) is 15.0 Å². The molecule has 0 amide bonds. The van der Waals surface area contributed by atoms with E-state index in [-0.39, 0.29) is 10.8 Å². The third-order valence-corrected chi connectivity index (χ3v) is 4.36. The Hall–Kier alpha value is -2.56. The third kappa shape index (κ3) is 4.41. The Labute approximate surface area is 162 Å². The van der Waals surface area contributed by atoms with Crippen molar-refractivity contribution in [3.05, 3.63) is 47.2 Å². The van der Waals surface area contributed by atoms with Gasteiger partial charge in [-0.05, 0) is 24.1 Å². The number of nitrogens with one attached hydrogen (secondary N) is 1. The summed E-state index contributed by atoms with van der Waals surface area (Å²) >= 11 is 0. The number of benzene rings is 1. The highest BCUT2D eigenvalue weighted by molar-refractivity contribution is 5.79. The molecule has 0 unspecified atom stereocenters. The summed E-state index contributed by atoms with van der Waals surface area (Å²) in [5.74, 6) is 2.35. The monoisotopic (exact) mass is 363 g/mol. The van der Waals surface area contributed by atoms with Gasteiger partial charge in [0.1, 0.15) is 11.6 Å². The number of allylic oxidation sites excluding steroid dienone is 1. The first-order valence-corrected chi connectivity index (χ1v) is 9.37. The Balaban J connectivity index is 2.12. The summed E-state index contributed by atoms with van der Waals surface area (Å²) in [5, 5.41) is 3.39. The van der Waals surface area contributed by atoms with E-state index in [1.165, 1.54) is 0 Å². The van der Waals surface area contributed by atoms with Gasteiger partial charge in [-0.15, -0.1) is 0 Å². The van der Waals surface area contributed by atoms with E-state index in [9.17, 15) is 0 Å². The Morgan fingerprint density at radius 2 is 1.52 bits per heavy atom. The summed E-state index contributed by atoms with van der Waals surface area (Å²) < 4.78 is 0. The maximum Gasteiger partial charge on any atom is 0.163 e. The molecule has 0 atom stereocenters. The van der Waals surface area contributed by atoms with Crippen LogP contribution in [-0.4, -0.2) is 21.2 Å². The van der Waals surface area contributed by atoms with Crippen LogP contribution in [0.25, 0.3) is 11.4 Å². The lowest BCUT2D eigenvalue weighted by Gasteiger charge is -2.23. The largest absolute Gasteiger partial charge is 0.361 e. The SMILES string of the molecule is C/C1=C/Nc2cc(-c3nc(C(C)(C)C)nc(C(C)(C)C)n3)ccc2CN=C1. The molecule has 142 valence electrons. The molecule has 0 radical (unpaired) electrons. The van der Waals surface area contributed by atoms with Gasteiger partial charge >= 0.3 is 0 Å². The second kappa shape index (κ2) is 6.87. The van der Waals surface area contributed by atoms with Crippen molar-refractivity contribution >= 4 is 11.9 Å². The summed E-state index contributed by atoms with van der Waals surface area (Å²) in [7, 11) is 0. The minimum Gasteiger partial charge on any atom is -0.361 e. The fraction of sp³-hybridized carbons (Fsp3) is 0.455. The smallest absolute Gasteiger partial charge is 0.163 e. The number of hydrogen-bond donors (Lipinski definition) is 1. The molecule has 2 heterocycles. The Morgan fingerprint density at radius 3 is 2.11 bits per heavy atom. The molecule has 0 saturated heterocycles. The molecule has 0 spiro atoms. The molecule has 1 aliphatic rings. The van der Waals surface area contributed by atoms with Crippen LogP contribution in [-0.2, 0) is 17.4 Å². The fourth-order valence-electron chi connectivity index (χ4n) is 2.68. The molecule has 0 fully saturated rings. The van der Waals surface area contributed by atoms with Crippen LogP contribution < -0.4 is 5.32 Å². The average molecular weight is 364 g/mol. The molecular formula is C22H29N5. The quantitative estimate of drug-likeness (QED) is 0.771. The number of aromatic nitrogens is 3. The third-order valence-electron chi connectivity index (χ3n) is 4.36. The van der Waals surface area contributed by atoms with Crippen LogP contribution in [0.5, 0.6) is 0 Å². The maximum atomic E-state index is 4.80. The first kappa shape index (κ1) is 19.2. The summed E-state index contributed by atoms with van der Waals surface area (Å²) in [6.45, 7) is 15.5. The molecule has 1 N–H and O–H groups in total. The second-order valence-corrected chi connectivity index (χ2v) is 9.18. The van der Waals surface area contributed by atoms with Crippen LogP contribution in [0.15, 0.2) is 35.0 Å². The van der Waals surface area contributed by atoms with E-state index in [1.807, 2.05) is 19.3 Å². The van der Waals surface area contributed by atoms with E-state index in [0.717, 1.165) is 39.9 Å². The molecule has 2 aromatic rings. The lowest BCUT2D eigenvalue weighted by atomic mass is 9.93. The van der Waals surface area contributed by atoms with Crippen molar-refractivity contribution < 1.29 is 0 Å². The van der Waals surface area contributed by atoms with E-state index in [0.29, 0.717) is 6.54 Å². The maximum absolute atomic E-state index is 4.80. The zero-order valence-corrected chi connectivity index (χ0v) is 17.4. The second-order valence-electron chi connectivity index (χ2n) is 9.18. The molecule has 27 heavy (non-hydrogen) atoms. The van der Waals surface area contributed by atoms with Gasteiger partial charge in [0.25, 0.3) is 0 Å². The summed E-state index contributed by atoms with van der Waals surface area (Å²) in [4.78, 5) is 18.8. The normalized spacial score (nSPS) is 16.6. The molecule has 0 bridgehead atoms. The van der Waals surface area contributed by atoms with Gasteiger partial charge < -0.3 is 5.32 Å². The van der Waals surface area contributed by atoms with Crippen molar-refractivity contribution in [2.45, 2.75) is 65.8 Å². The average Bonchev–Trinajstić information content (AvgIpc) is 2.57. The topological polar surface area (TPSA) is 63.1 Å². The van der Waals surface area contributed by atoms with Crippen LogP contribution in [0.3, 0.4) is 0 Å². The van der Waals surface area contributed by atoms with Crippen molar-refractivity contribution in [3.8, 4) is 11.4 Å². The minimum atomic E-state index is -0.145. The summed E-state index contributed by atoms with van der Waals surface area (Å²) in [5.41, 5.74) is 3.98. The first-order valence-electron chi connectivity index (χ1n) is 9.37. The Morgan fingerprint density at radius 1 is 0.889 bits per heavy atom. The standard InChI is InChI=1S/C22H29N5/c1-14-11-23-13-16-9-8-15(10-17(16)24-12-14)18-25-19(21(2,3)4)27-20(26-18)22(5,6)7/h8-12,24H,13H2,1-7H3/b14-12-,23-11?. The Bertz CT molecular complexity index is 879. The van der Waals surface area contributed by atoms with E-state index < -0.39 is 0 Å². The van der Waals surface area contributed by atoms with Gasteiger partial charge in [0.15, 0.2) is 5.82 Å². The molecule has 5 heteroatoms. The summed E-state index contributed by atoms with van der Waals surface area (Å²) in [6, 6.07) is 6.28. The molecule has 0 saturated carbocycles. The number of fused-ring (bicyclic) bond motifs is 1. The van der Waals surface area contributed by atoms with E-state index in [4.69, 9.17) is 15.0 Å². The summed E-state index contributed by atoms with van der Waals surface area (Å²) in [6.07, 6.45) is 3.86. The first-order chi connectivity index (χ1) is 12.5. The number of anilines is 1. The lowest BCUT2D eigenvalue weighted by molar-refractivity contribution is 0.497. The number of aliphatic imine (C=N–C) groups is 1. The van der Waals surface area contributed by atoms with Gasteiger partial charge in [0.05, 0.1) is 6.54 Å². The van der Waals surface area contributed by atoms with Crippen molar-refractivity contribution in [2.75, 3.05) is 5.32 Å². The Kier molecular flexibility index (Phi) is 4.89. The fourth-order valence-corrected chi connectivity index (χ4v) is 2.68. The number of nitrogens with zero attached hydrogens (tertiary/aromatic N) is 4. The molecule has 1 aromatic heterocycles. The highest BCUT2D eigenvalue weighted by Gasteiger charge is 2.25. The lowest BCUT2D eigenvalue weighted by Crippen LogP contribution is -2.24. The van der Waals surface area contributed by atoms with Crippen LogP contribution >= 0.6 is 0 Å². The van der Waals surface area contributed by atoms with Gasteiger partial charge in [-0.25, -0.2) is 15.0 Å². The molecule has 3 rings (SSSR count). The molecular weight excluding hydrogens is 334 g/mol. The zero-order chi connectivity index (χ0) is 19.8. The van der Waals surface area contributed by atoms with Crippen LogP contribution in [0.2, 0.25) is 0 Å². The predicted octanol–water partition coefficient (Wildman–Crippen LogP) is 5.03. The molecule has 0 aliphatic carbocycles. The van der Waals surface area contributed by atoms with Crippen LogP contribution in [0.1, 0.15) is 65.7 Å². The van der Waals surface area contributed by atoms with Gasteiger partial charge in [0.2, 0.25) is 0 Å². The molecule has 5 nitrogen and oxygen atoms in total. The van der Waals surface area contributed by atoms with Gasteiger partial charge in [-0.3, -0.25) is 4.99 Å². The van der Waals surface area contributed by atoms with Crippen LogP contribution in [0.4, 0.5) is 5.69 Å². The predicted molar refractivity (Wildman–Crippen MR) is 112 cm³/mol. The molecule has 1 aliphatic heterocycles. The molecule has 1 aromatic carbocycles. The minimum absolute atomic E-state index is 0.145. The highest BCUT2D eigenvalue weighted by Crippen LogP contribution is 2.29. The van der Waals surface area contributed by atoms with E-state index >= 15 is 0 Å². The number of hydrogen-bond acceptors (Lipinski definition) is 5. The number of rotatable bonds is 1. The van der Waals surface area contributed by atoms with Gasteiger partial charge in [-0.2, -0.15) is 0 Å². The highest BCUT2D eigenvalue weighted by atomic mass is 15.1.